The molecule has 0 heterocycles. The Morgan fingerprint density at radius 3 is 2.00 bits per heavy atom. The highest BCUT2D eigenvalue weighted by Crippen LogP contribution is 2.36. The van der Waals surface area contributed by atoms with E-state index >= 15 is 0 Å². The summed E-state index contributed by atoms with van der Waals surface area (Å²) in [5, 5.41) is 3.61. The van der Waals surface area contributed by atoms with Gasteiger partial charge in [-0.2, -0.15) is 0 Å². The highest BCUT2D eigenvalue weighted by Gasteiger charge is 2.35. The number of rotatable bonds is 12. The molecule has 0 aromatic heterocycles. The van der Waals surface area contributed by atoms with E-state index in [1.807, 2.05) is 20.8 Å². The molecule has 0 unspecified atom stereocenters. The van der Waals surface area contributed by atoms with Crippen molar-refractivity contribution >= 4 is 73.9 Å². The molecule has 3 aromatic carbocycles. The molecule has 226 valence electrons. The van der Waals surface area contributed by atoms with Crippen LogP contribution in [-0.4, -0.2) is 43.8 Å². The highest BCUT2D eigenvalue weighted by molar-refractivity contribution is 7.92. The van der Waals surface area contributed by atoms with Crippen LogP contribution in [0.4, 0.5) is 5.69 Å². The molecular weight excluding hydrogens is 640 g/mol. The number of anilines is 1. The van der Waals surface area contributed by atoms with E-state index in [0.29, 0.717) is 22.0 Å². The minimum atomic E-state index is -4.31. The number of sulfonamides is 1. The van der Waals surface area contributed by atoms with Crippen LogP contribution in [0.15, 0.2) is 65.6 Å². The van der Waals surface area contributed by atoms with Gasteiger partial charge in [0.25, 0.3) is 10.0 Å². The average Bonchev–Trinajstić information content (AvgIpc) is 2.94. The Morgan fingerprint density at radius 1 is 0.857 bits per heavy atom. The Hall–Kier alpha value is -2.49. The molecule has 12 heteroatoms. The van der Waals surface area contributed by atoms with Crippen molar-refractivity contribution in [3.8, 4) is 0 Å². The molecular formula is C30H33Cl4N3O4S. The average molecular weight is 673 g/mol. The van der Waals surface area contributed by atoms with Crippen LogP contribution in [0.3, 0.4) is 0 Å². The second-order valence-electron chi connectivity index (χ2n) is 9.86. The van der Waals surface area contributed by atoms with Crippen LogP contribution in [0, 0.1) is 6.92 Å². The second kappa shape index (κ2) is 14.8. The van der Waals surface area contributed by atoms with Crippen molar-refractivity contribution in [2.45, 2.75) is 64.1 Å². The summed E-state index contributed by atoms with van der Waals surface area (Å²) in [7, 11) is -4.31. The summed E-state index contributed by atoms with van der Waals surface area (Å²) in [6, 6.07) is 14.6. The molecule has 0 fully saturated rings. The maximum atomic E-state index is 14.2. The van der Waals surface area contributed by atoms with E-state index in [-0.39, 0.29) is 45.5 Å². The number of halogens is 4. The van der Waals surface area contributed by atoms with Crippen LogP contribution in [0.5, 0.6) is 0 Å². The van der Waals surface area contributed by atoms with Crippen LogP contribution in [0.1, 0.15) is 44.7 Å². The van der Waals surface area contributed by atoms with Crippen molar-refractivity contribution < 1.29 is 18.0 Å². The minimum absolute atomic E-state index is 0.0194. The number of aryl methyl sites for hydroxylation is 1. The normalized spacial score (nSPS) is 12.9. The van der Waals surface area contributed by atoms with Crippen molar-refractivity contribution in [1.29, 1.82) is 0 Å². The fourth-order valence-electron chi connectivity index (χ4n) is 4.25. The lowest BCUT2D eigenvalue weighted by Crippen LogP contribution is -2.53. The molecule has 2 atom stereocenters. The molecule has 3 aromatic rings. The van der Waals surface area contributed by atoms with Gasteiger partial charge in [0.2, 0.25) is 11.8 Å². The number of nitrogens with one attached hydrogen (secondary N) is 1. The topological polar surface area (TPSA) is 86.8 Å². The van der Waals surface area contributed by atoms with Gasteiger partial charge in [-0.15, -0.1) is 0 Å². The Balaban J connectivity index is 2.14. The largest absolute Gasteiger partial charge is 0.352 e. The predicted octanol–water partition coefficient (Wildman–Crippen LogP) is 7.53. The van der Waals surface area contributed by atoms with Gasteiger partial charge in [-0.25, -0.2) is 8.42 Å². The first-order valence-electron chi connectivity index (χ1n) is 13.4. The van der Waals surface area contributed by atoms with Crippen molar-refractivity contribution in [2.75, 3.05) is 10.8 Å². The Kier molecular flexibility index (Phi) is 12.0. The summed E-state index contributed by atoms with van der Waals surface area (Å²) in [6.45, 7) is 6.58. The zero-order valence-electron chi connectivity index (χ0n) is 23.7. The third-order valence-corrected chi connectivity index (χ3v) is 10.2. The summed E-state index contributed by atoms with van der Waals surface area (Å²) in [4.78, 5) is 28.9. The lowest BCUT2D eigenvalue weighted by Gasteiger charge is -2.34. The molecule has 7 nitrogen and oxygen atoms in total. The third kappa shape index (κ3) is 7.91. The summed E-state index contributed by atoms with van der Waals surface area (Å²) in [5.74, 6) is -1.04. The van der Waals surface area contributed by atoms with E-state index in [1.54, 1.807) is 43.3 Å². The molecule has 0 saturated heterocycles. The van der Waals surface area contributed by atoms with E-state index < -0.39 is 28.5 Å². The summed E-state index contributed by atoms with van der Waals surface area (Å²) in [6.07, 6.45) is 0.932. The summed E-state index contributed by atoms with van der Waals surface area (Å²) in [5.41, 5.74) is 1.31. The molecule has 0 radical (unpaired) electrons. The molecule has 0 aliphatic heterocycles. The van der Waals surface area contributed by atoms with Gasteiger partial charge in [-0.1, -0.05) is 90.1 Å². The third-order valence-electron chi connectivity index (χ3n) is 6.86. The number of benzene rings is 3. The van der Waals surface area contributed by atoms with Crippen molar-refractivity contribution in [2.24, 2.45) is 0 Å². The van der Waals surface area contributed by atoms with Crippen LogP contribution in [0.2, 0.25) is 20.1 Å². The van der Waals surface area contributed by atoms with Gasteiger partial charge in [0, 0.05) is 28.2 Å². The molecule has 2 amide bonds. The summed E-state index contributed by atoms with van der Waals surface area (Å²) < 4.78 is 29.0. The lowest BCUT2D eigenvalue weighted by atomic mass is 10.1. The molecule has 0 aliphatic carbocycles. The quantitative estimate of drug-likeness (QED) is 0.216. The lowest BCUT2D eigenvalue weighted by molar-refractivity contribution is -0.140. The number of nitrogens with zero attached hydrogens (tertiary/aromatic N) is 2. The molecule has 0 saturated carbocycles. The maximum Gasteiger partial charge on any atom is 0.264 e. The minimum Gasteiger partial charge on any atom is -0.352 e. The van der Waals surface area contributed by atoms with Gasteiger partial charge < -0.3 is 10.2 Å². The predicted molar refractivity (Wildman–Crippen MR) is 171 cm³/mol. The Labute approximate surface area is 267 Å². The zero-order chi connectivity index (χ0) is 31.2. The van der Waals surface area contributed by atoms with Gasteiger partial charge in [0.15, 0.2) is 0 Å². The molecule has 0 spiro atoms. The number of hydrogen-bond acceptors (Lipinski definition) is 4. The van der Waals surface area contributed by atoms with Crippen molar-refractivity contribution in [3.05, 3.63) is 91.9 Å². The van der Waals surface area contributed by atoms with Gasteiger partial charge in [-0.3, -0.25) is 13.9 Å². The molecule has 42 heavy (non-hydrogen) atoms. The van der Waals surface area contributed by atoms with Crippen molar-refractivity contribution in [1.82, 2.24) is 10.2 Å². The highest BCUT2D eigenvalue weighted by atomic mass is 35.5. The number of hydrogen-bond donors (Lipinski definition) is 1. The van der Waals surface area contributed by atoms with Gasteiger partial charge in [0.05, 0.1) is 20.6 Å². The van der Waals surface area contributed by atoms with Crippen LogP contribution < -0.4 is 9.62 Å². The van der Waals surface area contributed by atoms with Gasteiger partial charge in [0.1, 0.15) is 12.6 Å². The molecule has 0 aliphatic rings. The van der Waals surface area contributed by atoms with Crippen LogP contribution >= 0.6 is 46.4 Å². The van der Waals surface area contributed by atoms with E-state index in [0.717, 1.165) is 9.87 Å². The first kappa shape index (κ1) is 34.0. The van der Waals surface area contributed by atoms with E-state index in [2.05, 4.69) is 5.32 Å². The number of amides is 2. The summed E-state index contributed by atoms with van der Waals surface area (Å²) >= 11 is 25.7. The number of carbonyl (C=O) groups excluding carboxylic acids is 2. The van der Waals surface area contributed by atoms with E-state index in [4.69, 9.17) is 46.4 Å². The van der Waals surface area contributed by atoms with Crippen molar-refractivity contribution in [3.63, 3.8) is 0 Å². The maximum absolute atomic E-state index is 14.2. The van der Waals surface area contributed by atoms with Crippen LogP contribution in [-0.2, 0) is 26.2 Å². The van der Waals surface area contributed by atoms with E-state index in [1.165, 1.54) is 29.2 Å². The smallest absolute Gasteiger partial charge is 0.264 e. The standard InChI is InChI=1S/C30H33Cl4N3O4S/c1-5-20(4)35-30(39)26(6-2)36(17-22-23(31)9-7-10-24(22)32)28(38)18-37(27-12-8-11-25(33)29(27)34)42(40,41)21-15-13-19(3)14-16-21/h7-16,20,26H,5-6,17-18H2,1-4H3,(H,35,39)/t20-,26-/m0/s1. The monoisotopic (exact) mass is 671 g/mol. The fraction of sp³-hybridized carbons (Fsp3) is 0.333. The van der Waals surface area contributed by atoms with E-state index in [9.17, 15) is 18.0 Å². The van der Waals surface area contributed by atoms with Gasteiger partial charge >= 0.3 is 0 Å². The molecule has 3 rings (SSSR count). The first-order valence-corrected chi connectivity index (χ1v) is 16.3. The van der Waals surface area contributed by atoms with Gasteiger partial charge in [-0.05, 0) is 63.1 Å². The zero-order valence-corrected chi connectivity index (χ0v) is 27.5. The SMILES string of the molecule is CC[C@H](C)NC(=O)[C@H](CC)N(Cc1c(Cl)cccc1Cl)C(=O)CN(c1cccc(Cl)c1Cl)S(=O)(=O)c1ccc(C)cc1. The first-order chi connectivity index (χ1) is 19.8. The number of carbonyl (C=O) groups is 2. The fourth-order valence-corrected chi connectivity index (χ4v) is 6.64. The molecule has 1 N–H and O–H groups in total. The Morgan fingerprint density at radius 2 is 1.43 bits per heavy atom. The Bertz CT molecular complexity index is 1510. The molecule has 0 bridgehead atoms. The second-order valence-corrected chi connectivity index (χ2v) is 13.3. The van der Waals surface area contributed by atoms with Crippen LogP contribution in [0.25, 0.3) is 0 Å².